The summed E-state index contributed by atoms with van der Waals surface area (Å²) in [6, 6.07) is 5.36. The van der Waals surface area contributed by atoms with Gasteiger partial charge in [-0.3, -0.25) is 0 Å². The first-order chi connectivity index (χ1) is 9.00. The maximum Gasteiger partial charge on any atom is 0.416 e. The molecule has 4 heteroatoms. The number of anilines is 1. The van der Waals surface area contributed by atoms with Crippen LogP contribution in [0.4, 0.5) is 18.9 Å². The van der Waals surface area contributed by atoms with Gasteiger partial charge in [0.25, 0.3) is 0 Å². The van der Waals surface area contributed by atoms with Crippen LogP contribution < -0.4 is 4.90 Å². The van der Waals surface area contributed by atoms with Gasteiger partial charge in [-0.1, -0.05) is 11.6 Å². The van der Waals surface area contributed by atoms with Gasteiger partial charge >= 0.3 is 6.18 Å². The molecule has 1 heterocycles. The Balaban J connectivity index is 2.02. The highest BCUT2D eigenvalue weighted by Gasteiger charge is 2.30. The van der Waals surface area contributed by atoms with Gasteiger partial charge in [0.1, 0.15) is 0 Å². The van der Waals surface area contributed by atoms with E-state index in [0.29, 0.717) is 6.42 Å². The van der Waals surface area contributed by atoms with Gasteiger partial charge in [0, 0.05) is 18.8 Å². The van der Waals surface area contributed by atoms with E-state index >= 15 is 0 Å². The summed E-state index contributed by atoms with van der Waals surface area (Å²) in [5.41, 5.74) is 1.59. The van der Waals surface area contributed by atoms with E-state index in [1.54, 1.807) is 12.1 Å². The summed E-state index contributed by atoms with van der Waals surface area (Å²) in [5.74, 6) is 0. The standard InChI is InChI=1S/C15H16F3N/c1-2-3-12-8-10-19(11-9-12)14-6-4-13(5-7-14)15(16,17)18/h1,3-7H,2,8-11H2. The van der Waals surface area contributed by atoms with Crippen LogP contribution in [0.2, 0.25) is 0 Å². The molecular weight excluding hydrogens is 251 g/mol. The predicted molar refractivity (Wildman–Crippen MR) is 69.9 cm³/mol. The Morgan fingerprint density at radius 2 is 1.68 bits per heavy atom. The SMILES string of the molecule is [CH]CC=C1CCN(c2ccc(C(F)(F)F)cc2)CC1. The number of halogens is 3. The highest BCUT2D eigenvalue weighted by molar-refractivity contribution is 5.49. The summed E-state index contributed by atoms with van der Waals surface area (Å²) in [5, 5.41) is 0. The summed E-state index contributed by atoms with van der Waals surface area (Å²) in [4.78, 5) is 2.11. The summed E-state index contributed by atoms with van der Waals surface area (Å²) < 4.78 is 37.4. The zero-order valence-corrected chi connectivity index (χ0v) is 10.6. The highest BCUT2D eigenvalue weighted by Crippen LogP contribution is 2.31. The Morgan fingerprint density at radius 1 is 1.11 bits per heavy atom. The molecule has 1 aliphatic rings. The van der Waals surface area contributed by atoms with Crippen molar-refractivity contribution in [3.8, 4) is 0 Å². The molecule has 0 bridgehead atoms. The summed E-state index contributed by atoms with van der Waals surface area (Å²) in [7, 11) is 0. The van der Waals surface area contributed by atoms with Crippen molar-refractivity contribution >= 4 is 5.69 Å². The predicted octanol–water partition coefficient (Wildman–Crippen LogP) is 4.33. The van der Waals surface area contributed by atoms with E-state index < -0.39 is 11.7 Å². The Labute approximate surface area is 111 Å². The Morgan fingerprint density at radius 3 is 2.16 bits per heavy atom. The monoisotopic (exact) mass is 267 g/mol. The molecule has 1 aromatic rings. The first-order valence-corrected chi connectivity index (χ1v) is 6.31. The van der Waals surface area contributed by atoms with Gasteiger partial charge in [-0.15, -0.1) is 0 Å². The van der Waals surface area contributed by atoms with Crippen LogP contribution in [0.25, 0.3) is 0 Å². The van der Waals surface area contributed by atoms with Crippen LogP contribution in [0.1, 0.15) is 24.8 Å². The largest absolute Gasteiger partial charge is 0.416 e. The summed E-state index contributed by atoms with van der Waals surface area (Å²) in [6.45, 7) is 7.13. The number of nitrogens with zero attached hydrogens (tertiary/aromatic N) is 1. The van der Waals surface area contributed by atoms with Crippen LogP contribution in [0.3, 0.4) is 0 Å². The lowest BCUT2D eigenvalue weighted by Crippen LogP contribution is -2.30. The van der Waals surface area contributed by atoms with Gasteiger partial charge in [0.2, 0.25) is 0 Å². The zero-order chi connectivity index (χ0) is 13.9. The van der Waals surface area contributed by atoms with E-state index in [1.807, 2.05) is 6.08 Å². The molecule has 0 amide bonds. The van der Waals surface area contributed by atoms with E-state index in [0.717, 1.165) is 43.8 Å². The molecular formula is C15H16F3N. The maximum atomic E-state index is 12.5. The molecule has 0 atom stereocenters. The van der Waals surface area contributed by atoms with Crippen molar-refractivity contribution in [1.82, 2.24) is 0 Å². The molecule has 0 N–H and O–H groups in total. The van der Waals surface area contributed by atoms with E-state index in [2.05, 4.69) is 4.90 Å². The van der Waals surface area contributed by atoms with Gasteiger partial charge in [0.15, 0.2) is 0 Å². The average molecular weight is 267 g/mol. The smallest absolute Gasteiger partial charge is 0.371 e. The normalized spacial score (nSPS) is 16.6. The van der Waals surface area contributed by atoms with E-state index in [4.69, 9.17) is 6.92 Å². The van der Waals surface area contributed by atoms with Crippen molar-refractivity contribution < 1.29 is 13.2 Å². The van der Waals surface area contributed by atoms with Crippen molar-refractivity contribution in [3.63, 3.8) is 0 Å². The lowest BCUT2D eigenvalue weighted by Gasteiger charge is -2.30. The Hall–Kier alpha value is -1.45. The minimum Gasteiger partial charge on any atom is -0.371 e. The van der Waals surface area contributed by atoms with Crippen molar-refractivity contribution in [2.45, 2.75) is 25.4 Å². The average Bonchev–Trinajstić information content (AvgIpc) is 2.39. The van der Waals surface area contributed by atoms with Gasteiger partial charge < -0.3 is 4.90 Å². The fourth-order valence-electron chi connectivity index (χ4n) is 2.28. The third-order valence-corrected chi connectivity index (χ3v) is 3.37. The third-order valence-electron chi connectivity index (χ3n) is 3.37. The number of hydrogen-bond donors (Lipinski definition) is 0. The molecule has 102 valence electrons. The van der Waals surface area contributed by atoms with Gasteiger partial charge in [0.05, 0.1) is 5.56 Å². The van der Waals surface area contributed by atoms with Gasteiger partial charge in [-0.25, -0.2) is 0 Å². The van der Waals surface area contributed by atoms with E-state index in [-0.39, 0.29) is 0 Å². The number of piperidine rings is 1. The molecule has 0 spiro atoms. The number of hydrogen-bond acceptors (Lipinski definition) is 1. The fourth-order valence-corrected chi connectivity index (χ4v) is 2.28. The first kappa shape index (κ1) is 14.0. The molecule has 2 rings (SSSR count). The number of benzene rings is 1. The van der Waals surface area contributed by atoms with Crippen LogP contribution in [0, 0.1) is 6.92 Å². The molecule has 1 fully saturated rings. The lowest BCUT2D eigenvalue weighted by molar-refractivity contribution is -0.137. The molecule has 19 heavy (non-hydrogen) atoms. The minimum atomic E-state index is -4.27. The maximum absolute atomic E-state index is 12.5. The van der Waals surface area contributed by atoms with Crippen molar-refractivity contribution in [2.24, 2.45) is 0 Å². The Kier molecular flexibility index (Phi) is 4.17. The number of alkyl halides is 3. The molecule has 1 aromatic carbocycles. The van der Waals surface area contributed by atoms with Crippen LogP contribution >= 0.6 is 0 Å². The zero-order valence-electron chi connectivity index (χ0n) is 10.6. The highest BCUT2D eigenvalue weighted by atomic mass is 19.4. The van der Waals surface area contributed by atoms with Crippen LogP contribution in [-0.4, -0.2) is 13.1 Å². The molecule has 0 unspecified atom stereocenters. The van der Waals surface area contributed by atoms with Crippen LogP contribution in [-0.2, 0) is 6.18 Å². The lowest BCUT2D eigenvalue weighted by atomic mass is 10.0. The van der Waals surface area contributed by atoms with Crippen molar-refractivity contribution in [2.75, 3.05) is 18.0 Å². The summed E-state index contributed by atoms with van der Waals surface area (Å²) in [6.07, 6.45) is 0.174. The Bertz CT molecular complexity index is 435. The van der Waals surface area contributed by atoms with Crippen molar-refractivity contribution in [1.29, 1.82) is 0 Å². The molecule has 1 nitrogen and oxygen atoms in total. The van der Waals surface area contributed by atoms with Crippen LogP contribution in [0.5, 0.6) is 0 Å². The topological polar surface area (TPSA) is 3.24 Å². The van der Waals surface area contributed by atoms with Crippen molar-refractivity contribution in [3.05, 3.63) is 48.4 Å². The second-order valence-electron chi connectivity index (χ2n) is 4.63. The number of rotatable bonds is 2. The minimum absolute atomic E-state index is 0.551. The fraction of sp³-hybridized carbons (Fsp3) is 0.400. The number of allylic oxidation sites excluding steroid dienone is 1. The molecule has 2 radical (unpaired) electrons. The molecule has 0 saturated carbocycles. The van der Waals surface area contributed by atoms with Gasteiger partial charge in [-0.2, -0.15) is 13.2 Å². The van der Waals surface area contributed by atoms with Crippen LogP contribution in [0.15, 0.2) is 35.9 Å². The summed E-state index contributed by atoms with van der Waals surface area (Å²) >= 11 is 0. The second kappa shape index (κ2) is 5.68. The quantitative estimate of drug-likeness (QED) is 0.721. The van der Waals surface area contributed by atoms with E-state index in [9.17, 15) is 13.2 Å². The van der Waals surface area contributed by atoms with E-state index in [1.165, 1.54) is 5.57 Å². The molecule has 0 aromatic heterocycles. The van der Waals surface area contributed by atoms with Gasteiger partial charge in [-0.05, 0) is 50.5 Å². The molecule has 1 aliphatic heterocycles. The molecule has 1 saturated heterocycles. The molecule has 0 aliphatic carbocycles. The second-order valence-corrected chi connectivity index (χ2v) is 4.63. The first-order valence-electron chi connectivity index (χ1n) is 6.31. The third kappa shape index (κ3) is 3.52.